The van der Waals surface area contributed by atoms with E-state index in [4.69, 9.17) is 0 Å². The van der Waals surface area contributed by atoms with Gasteiger partial charge in [0.2, 0.25) is 0 Å². The summed E-state index contributed by atoms with van der Waals surface area (Å²) in [6.07, 6.45) is 5.59. The molecule has 1 heterocycles. The van der Waals surface area contributed by atoms with Crippen molar-refractivity contribution in [3.05, 3.63) is 11.6 Å². The highest BCUT2D eigenvalue weighted by Crippen LogP contribution is 2.37. The van der Waals surface area contributed by atoms with Crippen LogP contribution < -0.4 is 0 Å². The molecule has 1 saturated carbocycles. The molecule has 0 aromatic carbocycles. The van der Waals surface area contributed by atoms with Crippen LogP contribution in [0, 0.1) is 0 Å². The average molecular weight is 195 g/mol. The zero-order valence-corrected chi connectivity index (χ0v) is 9.45. The van der Waals surface area contributed by atoms with E-state index < -0.39 is 5.60 Å². The fourth-order valence-corrected chi connectivity index (χ4v) is 2.70. The predicted molar refractivity (Wildman–Crippen MR) is 58.2 cm³/mol. The molecule has 1 aliphatic carbocycles. The first kappa shape index (κ1) is 10.2. The zero-order chi connectivity index (χ0) is 10.3. The van der Waals surface area contributed by atoms with Crippen molar-refractivity contribution < 1.29 is 5.11 Å². The molecule has 2 unspecified atom stereocenters. The second-order valence-electron chi connectivity index (χ2n) is 5.28. The van der Waals surface area contributed by atoms with E-state index in [9.17, 15) is 5.11 Å². The smallest absolute Gasteiger partial charge is 0.0971 e. The monoisotopic (exact) mass is 195 g/mol. The average Bonchev–Trinajstić information content (AvgIpc) is 2.77. The van der Waals surface area contributed by atoms with Crippen molar-refractivity contribution in [3.8, 4) is 0 Å². The molecule has 0 bridgehead atoms. The van der Waals surface area contributed by atoms with Gasteiger partial charge in [0, 0.05) is 18.6 Å². The topological polar surface area (TPSA) is 23.5 Å². The lowest BCUT2D eigenvalue weighted by molar-refractivity contribution is 0.0964. The lowest BCUT2D eigenvalue weighted by Gasteiger charge is -2.21. The molecule has 2 rings (SSSR count). The highest BCUT2D eigenvalue weighted by atomic mass is 16.3. The van der Waals surface area contributed by atoms with Gasteiger partial charge in [-0.1, -0.05) is 11.6 Å². The number of hydrogen-bond acceptors (Lipinski definition) is 2. The number of likely N-dealkylation sites (tertiary alicyclic amines) is 1. The van der Waals surface area contributed by atoms with Crippen LogP contribution in [0.5, 0.6) is 0 Å². The lowest BCUT2D eigenvalue weighted by atomic mass is 9.98. The van der Waals surface area contributed by atoms with E-state index in [0.717, 1.165) is 19.0 Å². The Bertz CT molecular complexity index is 253. The van der Waals surface area contributed by atoms with Gasteiger partial charge >= 0.3 is 0 Å². The molecule has 2 aliphatic rings. The Morgan fingerprint density at radius 3 is 2.57 bits per heavy atom. The second kappa shape index (κ2) is 3.35. The van der Waals surface area contributed by atoms with Crippen molar-refractivity contribution in [1.82, 2.24) is 4.90 Å². The van der Waals surface area contributed by atoms with Crippen LogP contribution in [0.4, 0.5) is 0 Å². The molecule has 80 valence electrons. The van der Waals surface area contributed by atoms with Crippen LogP contribution in [0.2, 0.25) is 0 Å². The van der Waals surface area contributed by atoms with Crippen LogP contribution in [0.15, 0.2) is 11.6 Å². The number of aliphatic hydroxyl groups is 1. The van der Waals surface area contributed by atoms with Crippen LogP contribution >= 0.6 is 0 Å². The highest BCUT2D eigenvalue weighted by Gasteiger charge is 2.44. The van der Waals surface area contributed by atoms with E-state index in [0.29, 0.717) is 6.04 Å². The van der Waals surface area contributed by atoms with Gasteiger partial charge in [-0.25, -0.2) is 0 Å². The lowest BCUT2D eigenvalue weighted by Crippen LogP contribution is -2.33. The van der Waals surface area contributed by atoms with E-state index in [1.165, 1.54) is 18.4 Å². The third-order valence-corrected chi connectivity index (χ3v) is 3.24. The van der Waals surface area contributed by atoms with Gasteiger partial charge in [-0.2, -0.15) is 0 Å². The Kier molecular flexibility index (Phi) is 2.44. The van der Waals surface area contributed by atoms with Gasteiger partial charge in [0.05, 0.1) is 5.60 Å². The fourth-order valence-electron chi connectivity index (χ4n) is 2.70. The molecule has 0 aromatic rings. The molecule has 0 amide bonds. The molecule has 0 radical (unpaired) electrons. The summed E-state index contributed by atoms with van der Waals surface area (Å²) in [6, 6.07) is 1.31. The van der Waals surface area contributed by atoms with Gasteiger partial charge in [-0.3, -0.25) is 4.90 Å². The molecule has 1 aliphatic heterocycles. The first-order valence-corrected chi connectivity index (χ1v) is 5.64. The van der Waals surface area contributed by atoms with Crippen molar-refractivity contribution in [1.29, 1.82) is 0 Å². The largest absolute Gasteiger partial charge is 0.384 e. The van der Waals surface area contributed by atoms with Crippen molar-refractivity contribution in [2.75, 3.05) is 6.54 Å². The second-order valence-corrected chi connectivity index (χ2v) is 5.28. The van der Waals surface area contributed by atoms with E-state index in [1.54, 1.807) is 0 Å². The Morgan fingerprint density at radius 2 is 2.07 bits per heavy atom. The first-order valence-electron chi connectivity index (χ1n) is 5.64. The van der Waals surface area contributed by atoms with E-state index in [2.05, 4.69) is 25.7 Å². The summed E-state index contributed by atoms with van der Waals surface area (Å²) in [6.45, 7) is 7.18. The Labute approximate surface area is 86.6 Å². The minimum atomic E-state index is -0.555. The third kappa shape index (κ3) is 2.01. The predicted octanol–water partition coefficient (Wildman–Crippen LogP) is 1.94. The molecular weight excluding hydrogens is 174 g/mol. The molecule has 2 atom stereocenters. The molecule has 0 spiro atoms. The Hall–Kier alpha value is -0.340. The highest BCUT2D eigenvalue weighted by molar-refractivity contribution is 5.14. The molecule has 2 nitrogen and oxygen atoms in total. The quantitative estimate of drug-likeness (QED) is 0.681. The maximum atomic E-state index is 10.4. The minimum Gasteiger partial charge on any atom is -0.384 e. The van der Waals surface area contributed by atoms with Gasteiger partial charge in [-0.05, 0) is 40.0 Å². The van der Waals surface area contributed by atoms with Gasteiger partial charge < -0.3 is 5.11 Å². The maximum absolute atomic E-state index is 10.4. The Morgan fingerprint density at radius 1 is 1.43 bits per heavy atom. The number of β-amino-alcohol motifs (C(OH)–C–C–N with tert-alkyl or cyclic N) is 1. The first-order chi connectivity index (χ1) is 6.50. The summed E-state index contributed by atoms with van der Waals surface area (Å²) in [7, 11) is 0. The van der Waals surface area contributed by atoms with Crippen molar-refractivity contribution in [3.63, 3.8) is 0 Å². The molecule has 1 N–H and O–H groups in total. The van der Waals surface area contributed by atoms with Crippen molar-refractivity contribution in [2.24, 2.45) is 0 Å². The van der Waals surface area contributed by atoms with E-state index in [-0.39, 0.29) is 0 Å². The molecule has 1 saturated heterocycles. The van der Waals surface area contributed by atoms with Crippen molar-refractivity contribution in [2.45, 2.75) is 57.7 Å². The number of hydrogen-bond donors (Lipinski definition) is 1. The summed E-state index contributed by atoms with van der Waals surface area (Å²) in [4.78, 5) is 2.47. The summed E-state index contributed by atoms with van der Waals surface area (Å²) < 4.78 is 0. The van der Waals surface area contributed by atoms with Crippen LogP contribution in [-0.2, 0) is 0 Å². The third-order valence-electron chi connectivity index (χ3n) is 3.24. The van der Waals surface area contributed by atoms with Crippen LogP contribution in [0.25, 0.3) is 0 Å². The standard InChI is InChI=1S/C12H21NO/c1-9(2)6-12(14)7-10(3)13(8-12)11-4-5-11/h6,10-11,14H,4-5,7-8H2,1-3H3. The van der Waals surface area contributed by atoms with E-state index in [1.807, 2.05) is 6.08 Å². The van der Waals surface area contributed by atoms with E-state index >= 15 is 0 Å². The van der Waals surface area contributed by atoms with Crippen LogP contribution in [0.3, 0.4) is 0 Å². The number of allylic oxidation sites excluding steroid dienone is 1. The van der Waals surface area contributed by atoms with Gasteiger partial charge in [-0.15, -0.1) is 0 Å². The summed E-state index contributed by atoms with van der Waals surface area (Å²) >= 11 is 0. The minimum absolute atomic E-state index is 0.545. The van der Waals surface area contributed by atoms with Gasteiger partial charge in [0.15, 0.2) is 0 Å². The molecular formula is C12H21NO. The van der Waals surface area contributed by atoms with Gasteiger partial charge in [0.1, 0.15) is 0 Å². The summed E-state index contributed by atoms with van der Waals surface area (Å²) in [5.41, 5.74) is 0.665. The van der Waals surface area contributed by atoms with Crippen molar-refractivity contribution >= 4 is 0 Å². The maximum Gasteiger partial charge on any atom is 0.0971 e. The summed E-state index contributed by atoms with van der Waals surface area (Å²) in [5, 5.41) is 10.4. The van der Waals surface area contributed by atoms with Gasteiger partial charge in [0.25, 0.3) is 0 Å². The fraction of sp³-hybridized carbons (Fsp3) is 0.833. The number of nitrogens with zero attached hydrogens (tertiary/aromatic N) is 1. The normalized spacial score (nSPS) is 38.7. The van der Waals surface area contributed by atoms with Crippen LogP contribution in [0.1, 0.15) is 40.0 Å². The Balaban J connectivity index is 2.06. The van der Waals surface area contributed by atoms with Crippen LogP contribution in [-0.4, -0.2) is 34.2 Å². The SMILES string of the molecule is CC(C)=CC1(O)CC(C)N(C2CC2)C1. The molecule has 2 fully saturated rings. The molecule has 14 heavy (non-hydrogen) atoms. The summed E-state index contributed by atoms with van der Waals surface area (Å²) in [5.74, 6) is 0. The molecule has 0 aromatic heterocycles. The molecule has 2 heteroatoms. The number of rotatable bonds is 2. The zero-order valence-electron chi connectivity index (χ0n) is 9.45.